The maximum absolute atomic E-state index is 12.5. The predicted molar refractivity (Wildman–Crippen MR) is 100 cm³/mol. The molecule has 2 heterocycles. The summed E-state index contributed by atoms with van der Waals surface area (Å²) in [5.74, 6) is 1.96. The van der Waals surface area contributed by atoms with Crippen molar-refractivity contribution in [2.24, 2.45) is 11.8 Å². The number of carbonyl (C=O) groups is 2. The van der Waals surface area contributed by atoms with Gasteiger partial charge >= 0.3 is 6.03 Å². The van der Waals surface area contributed by atoms with Crippen molar-refractivity contribution in [1.29, 1.82) is 0 Å². The van der Waals surface area contributed by atoms with Crippen LogP contribution in [0.2, 0.25) is 0 Å². The number of aryl methyl sites for hydroxylation is 1. The zero-order valence-electron chi connectivity index (χ0n) is 15.7. The molecule has 1 N–H and O–H groups in total. The van der Waals surface area contributed by atoms with Gasteiger partial charge in [-0.15, -0.1) is 0 Å². The molecule has 6 nitrogen and oxygen atoms in total. The van der Waals surface area contributed by atoms with E-state index in [9.17, 15) is 9.59 Å². The normalized spacial score (nSPS) is 20.9. The summed E-state index contributed by atoms with van der Waals surface area (Å²) in [6.45, 7) is 5.37. The van der Waals surface area contributed by atoms with Gasteiger partial charge in [0.25, 0.3) is 5.91 Å². The molecular formula is C20H29N3O3. The molecule has 2 aliphatic heterocycles. The standard InChI is InChI=1S/C20H29N3O3/c1-15-4-3-5-18(12-15)26-14-19(24)23-11-8-17(13-23)16-6-9-22(10-7-16)20(25)21-2/h3-5,12,16-17H,6-11,13-14H2,1-2H3,(H,21,25). The zero-order valence-corrected chi connectivity index (χ0v) is 15.7. The first-order chi connectivity index (χ1) is 12.6. The van der Waals surface area contributed by atoms with E-state index in [0.717, 1.165) is 56.8 Å². The molecule has 3 rings (SSSR count). The molecule has 2 fully saturated rings. The van der Waals surface area contributed by atoms with E-state index >= 15 is 0 Å². The van der Waals surface area contributed by atoms with Crippen molar-refractivity contribution in [2.75, 3.05) is 39.8 Å². The number of ether oxygens (including phenoxy) is 1. The Kier molecular flexibility index (Phi) is 6.01. The largest absolute Gasteiger partial charge is 0.484 e. The summed E-state index contributed by atoms with van der Waals surface area (Å²) in [6.07, 6.45) is 3.11. The second kappa shape index (κ2) is 8.43. The van der Waals surface area contributed by atoms with Gasteiger partial charge in [-0.25, -0.2) is 4.79 Å². The predicted octanol–water partition coefficient (Wildman–Crippen LogP) is 2.27. The van der Waals surface area contributed by atoms with Crippen molar-refractivity contribution in [1.82, 2.24) is 15.1 Å². The van der Waals surface area contributed by atoms with Crippen molar-refractivity contribution in [3.8, 4) is 5.75 Å². The third-order valence-electron chi connectivity index (χ3n) is 5.64. The number of benzene rings is 1. The summed E-state index contributed by atoms with van der Waals surface area (Å²) in [6, 6.07) is 7.79. The van der Waals surface area contributed by atoms with Crippen LogP contribution in [0.15, 0.2) is 24.3 Å². The Hall–Kier alpha value is -2.24. The van der Waals surface area contributed by atoms with Crippen molar-refractivity contribution in [3.05, 3.63) is 29.8 Å². The lowest BCUT2D eigenvalue weighted by Gasteiger charge is -2.34. The summed E-state index contributed by atoms with van der Waals surface area (Å²) in [4.78, 5) is 28.0. The molecule has 0 aromatic heterocycles. The number of hydrogen-bond acceptors (Lipinski definition) is 3. The molecule has 2 aliphatic rings. The van der Waals surface area contributed by atoms with Crippen LogP contribution in [-0.2, 0) is 4.79 Å². The molecule has 0 bridgehead atoms. The summed E-state index contributed by atoms with van der Waals surface area (Å²) in [7, 11) is 1.67. The van der Waals surface area contributed by atoms with Crippen LogP contribution in [0.25, 0.3) is 0 Å². The second-order valence-electron chi connectivity index (χ2n) is 7.37. The number of urea groups is 1. The minimum atomic E-state index is 0.0139. The second-order valence-corrected chi connectivity index (χ2v) is 7.37. The van der Waals surface area contributed by atoms with Crippen molar-refractivity contribution in [3.63, 3.8) is 0 Å². The van der Waals surface area contributed by atoms with E-state index in [4.69, 9.17) is 4.74 Å². The highest BCUT2D eigenvalue weighted by molar-refractivity contribution is 5.78. The SMILES string of the molecule is CNC(=O)N1CCC(C2CCN(C(=O)COc3cccc(C)c3)C2)CC1. The molecule has 0 radical (unpaired) electrons. The van der Waals surface area contributed by atoms with E-state index in [2.05, 4.69) is 5.32 Å². The molecule has 1 unspecified atom stereocenters. The highest BCUT2D eigenvalue weighted by Gasteiger charge is 2.34. The molecule has 1 aromatic rings. The van der Waals surface area contributed by atoms with Crippen LogP contribution in [-0.4, -0.2) is 61.6 Å². The fourth-order valence-electron chi connectivity index (χ4n) is 4.07. The molecule has 1 atom stereocenters. The third-order valence-corrected chi connectivity index (χ3v) is 5.64. The Bertz CT molecular complexity index is 641. The first-order valence-electron chi connectivity index (χ1n) is 9.50. The van der Waals surface area contributed by atoms with E-state index in [1.165, 1.54) is 0 Å². The zero-order chi connectivity index (χ0) is 18.5. The number of nitrogens with zero attached hydrogens (tertiary/aromatic N) is 2. The molecule has 0 aliphatic carbocycles. The number of carbonyl (C=O) groups excluding carboxylic acids is 2. The topological polar surface area (TPSA) is 61.9 Å². The fraction of sp³-hybridized carbons (Fsp3) is 0.600. The quantitative estimate of drug-likeness (QED) is 0.897. The van der Waals surface area contributed by atoms with Crippen LogP contribution in [0, 0.1) is 18.8 Å². The van der Waals surface area contributed by atoms with E-state index in [0.29, 0.717) is 11.8 Å². The highest BCUT2D eigenvalue weighted by Crippen LogP contribution is 2.32. The van der Waals surface area contributed by atoms with Crippen LogP contribution >= 0.6 is 0 Å². The van der Waals surface area contributed by atoms with Gasteiger partial charge in [0, 0.05) is 33.2 Å². The third kappa shape index (κ3) is 4.48. The first-order valence-corrected chi connectivity index (χ1v) is 9.50. The molecule has 142 valence electrons. The van der Waals surface area contributed by atoms with Crippen LogP contribution in [0.5, 0.6) is 5.75 Å². The number of rotatable bonds is 4. The van der Waals surface area contributed by atoms with Gasteiger partial charge in [0.2, 0.25) is 0 Å². The molecule has 1 aromatic carbocycles. The number of piperidine rings is 1. The average Bonchev–Trinajstić information content (AvgIpc) is 3.16. The molecule has 3 amide bonds. The van der Waals surface area contributed by atoms with Gasteiger partial charge in [-0.1, -0.05) is 12.1 Å². The van der Waals surface area contributed by atoms with Crippen LogP contribution < -0.4 is 10.1 Å². The molecule has 2 saturated heterocycles. The Morgan fingerprint density at radius 2 is 1.81 bits per heavy atom. The molecule has 0 spiro atoms. The average molecular weight is 359 g/mol. The Morgan fingerprint density at radius 3 is 2.50 bits per heavy atom. The van der Waals surface area contributed by atoms with E-state index < -0.39 is 0 Å². The van der Waals surface area contributed by atoms with Crippen LogP contribution in [0.4, 0.5) is 4.79 Å². The van der Waals surface area contributed by atoms with Gasteiger partial charge in [-0.3, -0.25) is 4.79 Å². The van der Waals surface area contributed by atoms with E-state index in [1.807, 2.05) is 41.0 Å². The Balaban J connectivity index is 1.43. The van der Waals surface area contributed by atoms with E-state index in [-0.39, 0.29) is 18.5 Å². The van der Waals surface area contributed by atoms with Gasteiger partial charge in [0.05, 0.1) is 0 Å². The van der Waals surface area contributed by atoms with Crippen molar-refractivity contribution in [2.45, 2.75) is 26.2 Å². The maximum Gasteiger partial charge on any atom is 0.317 e. The van der Waals surface area contributed by atoms with Gasteiger partial charge < -0.3 is 19.9 Å². The fourth-order valence-corrected chi connectivity index (χ4v) is 4.07. The van der Waals surface area contributed by atoms with Crippen molar-refractivity contribution < 1.29 is 14.3 Å². The molecule has 26 heavy (non-hydrogen) atoms. The summed E-state index contributed by atoms with van der Waals surface area (Å²) in [5, 5.41) is 2.69. The lowest BCUT2D eigenvalue weighted by atomic mass is 9.84. The van der Waals surface area contributed by atoms with Crippen molar-refractivity contribution >= 4 is 11.9 Å². The Labute approximate surface area is 155 Å². The minimum Gasteiger partial charge on any atom is -0.484 e. The summed E-state index contributed by atoms with van der Waals surface area (Å²) in [5.41, 5.74) is 1.12. The maximum atomic E-state index is 12.5. The number of hydrogen-bond donors (Lipinski definition) is 1. The molecule has 6 heteroatoms. The van der Waals surface area contributed by atoms with Crippen LogP contribution in [0.1, 0.15) is 24.8 Å². The Morgan fingerprint density at radius 1 is 1.12 bits per heavy atom. The first kappa shape index (κ1) is 18.5. The summed E-state index contributed by atoms with van der Waals surface area (Å²) < 4.78 is 5.65. The van der Waals surface area contributed by atoms with Crippen LogP contribution in [0.3, 0.4) is 0 Å². The van der Waals surface area contributed by atoms with Gasteiger partial charge in [0.1, 0.15) is 5.75 Å². The highest BCUT2D eigenvalue weighted by atomic mass is 16.5. The molecular weight excluding hydrogens is 330 g/mol. The minimum absolute atomic E-state index is 0.0139. The van der Waals surface area contributed by atoms with Gasteiger partial charge in [-0.2, -0.15) is 0 Å². The number of nitrogens with one attached hydrogen (secondary N) is 1. The lowest BCUT2D eigenvalue weighted by Crippen LogP contribution is -2.44. The summed E-state index contributed by atoms with van der Waals surface area (Å²) >= 11 is 0. The smallest absolute Gasteiger partial charge is 0.317 e. The van der Waals surface area contributed by atoms with Gasteiger partial charge in [0.15, 0.2) is 6.61 Å². The van der Waals surface area contributed by atoms with Gasteiger partial charge in [-0.05, 0) is 55.7 Å². The monoisotopic (exact) mass is 359 g/mol. The van der Waals surface area contributed by atoms with E-state index in [1.54, 1.807) is 7.05 Å². The molecule has 0 saturated carbocycles. The number of amides is 3. The lowest BCUT2D eigenvalue weighted by molar-refractivity contribution is -0.132. The number of likely N-dealkylation sites (tertiary alicyclic amines) is 2.